The third-order valence-electron chi connectivity index (χ3n) is 2.56. The first kappa shape index (κ1) is 11.5. The molecule has 2 nitrogen and oxygen atoms in total. The summed E-state index contributed by atoms with van der Waals surface area (Å²) in [5.41, 5.74) is 2.35. The third kappa shape index (κ3) is 2.79. The van der Waals surface area contributed by atoms with Gasteiger partial charge in [0.25, 0.3) is 0 Å². The second kappa shape index (κ2) is 5.94. The number of unbranched alkanes of at least 4 members (excludes halogenated alkanes) is 1. The summed E-state index contributed by atoms with van der Waals surface area (Å²) < 4.78 is 0. The maximum atomic E-state index is 5.35. The summed E-state index contributed by atoms with van der Waals surface area (Å²) in [6.07, 6.45) is 3.23. The van der Waals surface area contributed by atoms with Crippen molar-refractivity contribution in [1.29, 1.82) is 0 Å². The van der Waals surface area contributed by atoms with Gasteiger partial charge in [0.15, 0.2) is 0 Å². The van der Waals surface area contributed by atoms with Crippen LogP contribution in [0.3, 0.4) is 0 Å². The molecule has 0 radical (unpaired) electrons. The fraction of sp³-hybridized carbons (Fsp3) is 0.462. The maximum absolute atomic E-state index is 5.35. The Morgan fingerprint density at radius 1 is 1.38 bits per heavy atom. The van der Waals surface area contributed by atoms with Crippen molar-refractivity contribution in [3.63, 3.8) is 0 Å². The predicted molar refractivity (Wildman–Crippen MR) is 69.2 cm³/mol. The van der Waals surface area contributed by atoms with Gasteiger partial charge in [0.05, 0.1) is 5.71 Å². The van der Waals surface area contributed by atoms with E-state index in [0.29, 0.717) is 0 Å². The molecule has 0 saturated carbocycles. The van der Waals surface area contributed by atoms with Crippen molar-refractivity contribution in [3.05, 3.63) is 29.8 Å². The Hall–Kier alpha value is -0.960. The molecule has 1 aromatic carbocycles. The van der Waals surface area contributed by atoms with Crippen molar-refractivity contribution in [1.82, 2.24) is 0 Å². The van der Waals surface area contributed by atoms with Crippen LogP contribution in [-0.2, 0) is 4.84 Å². The van der Waals surface area contributed by atoms with Gasteiger partial charge in [0.1, 0.15) is 6.61 Å². The summed E-state index contributed by atoms with van der Waals surface area (Å²) in [4.78, 5) is 6.67. The average molecular weight is 235 g/mol. The number of rotatable bonds is 4. The molecule has 0 amide bonds. The largest absolute Gasteiger partial charge is 0.396 e. The normalized spacial score (nSPS) is 17.2. The van der Waals surface area contributed by atoms with E-state index in [-0.39, 0.29) is 0 Å². The van der Waals surface area contributed by atoms with Crippen molar-refractivity contribution in [2.75, 3.05) is 12.4 Å². The van der Waals surface area contributed by atoms with Crippen LogP contribution in [0, 0.1) is 0 Å². The van der Waals surface area contributed by atoms with Crippen molar-refractivity contribution in [2.24, 2.45) is 5.16 Å². The summed E-state index contributed by atoms with van der Waals surface area (Å²) in [6, 6.07) is 8.42. The Bertz CT molecular complexity index is 376. The summed E-state index contributed by atoms with van der Waals surface area (Å²) in [5, 5.41) is 4.27. The molecule has 0 saturated heterocycles. The molecule has 0 aromatic heterocycles. The van der Waals surface area contributed by atoms with Crippen molar-refractivity contribution < 1.29 is 4.84 Å². The fourth-order valence-corrected chi connectivity index (χ4v) is 2.68. The van der Waals surface area contributed by atoms with E-state index in [0.717, 1.165) is 37.3 Å². The van der Waals surface area contributed by atoms with Gasteiger partial charge in [0.2, 0.25) is 0 Å². The fourth-order valence-electron chi connectivity index (χ4n) is 1.65. The lowest BCUT2D eigenvalue weighted by Crippen LogP contribution is -2.10. The molecule has 16 heavy (non-hydrogen) atoms. The second-order valence-electron chi connectivity index (χ2n) is 3.82. The van der Waals surface area contributed by atoms with E-state index < -0.39 is 0 Å². The minimum absolute atomic E-state index is 0.731. The SMILES string of the molecule is CCCCO/N=C1\CCSc2ccccc21. The lowest BCUT2D eigenvalue weighted by Gasteiger charge is -2.16. The van der Waals surface area contributed by atoms with Gasteiger partial charge in [-0.3, -0.25) is 0 Å². The number of fused-ring (bicyclic) bond motifs is 1. The van der Waals surface area contributed by atoms with E-state index in [9.17, 15) is 0 Å². The summed E-state index contributed by atoms with van der Waals surface area (Å²) >= 11 is 1.90. The number of benzene rings is 1. The minimum atomic E-state index is 0.731. The number of thioether (sulfide) groups is 1. The maximum Gasteiger partial charge on any atom is 0.117 e. The van der Waals surface area contributed by atoms with Gasteiger partial charge >= 0.3 is 0 Å². The van der Waals surface area contributed by atoms with Crippen molar-refractivity contribution in [2.45, 2.75) is 31.1 Å². The minimum Gasteiger partial charge on any atom is -0.396 e. The first-order valence-corrected chi connectivity index (χ1v) is 6.81. The quantitative estimate of drug-likeness (QED) is 0.586. The molecular formula is C13H17NOS. The van der Waals surface area contributed by atoms with Crippen LogP contribution in [-0.4, -0.2) is 18.1 Å². The highest BCUT2D eigenvalue weighted by Crippen LogP contribution is 2.29. The molecule has 1 heterocycles. The molecule has 0 aliphatic carbocycles. The Morgan fingerprint density at radius 2 is 2.25 bits per heavy atom. The van der Waals surface area contributed by atoms with Crippen LogP contribution in [0.4, 0.5) is 0 Å². The van der Waals surface area contributed by atoms with Gasteiger partial charge in [-0.05, 0) is 12.5 Å². The molecule has 0 N–H and O–H groups in total. The van der Waals surface area contributed by atoms with Crippen molar-refractivity contribution in [3.8, 4) is 0 Å². The monoisotopic (exact) mass is 235 g/mol. The molecule has 0 fully saturated rings. The standard InChI is InChI=1S/C13H17NOS/c1-2-3-9-15-14-12-8-10-16-13-7-5-4-6-11(12)13/h4-7H,2-3,8-10H2,1H3/b14-12+. The molecule has 0 unspecified atom stereocenters. The molecule has 1 aliphatic heterocycles. The van der Waals surface area contributed by atoms with Crippen LogP contribution in [0.25, 0.3) is 0 Å². The number of hydrogen-bond donors (Lipinski definition) is 0. The van der Waals surface area contributed by atoms with E-state index in [1.807, 2.05) is 11.8 Å². The van der Waals surface area contributed by atoms with Gasteiger partial charge in [-0.1, -0.05) is 36.7 Å². The van der Waals surface area contributed by atoms with Crippen LogP contribution >= 0.6 is 11.8 Å². The van der Waals surface area contributed by atoms with Crippen LogP contribution in [0.5, 0.6) is 0 Å². The molecular weight excluding hydrogens is 218 g/mol. The van der Waals surface area contributed by atoms with Crippen LogP contribution < -0.4 is 0 Å². The molecule has 0 bridgehead atoms. The van der Waals surface area contributed by atoms with E-state index in [2.05, 4.69) is 36.3 Å². The Labute approximate surface area is 101 Å². The van der Waals surface area contributed by atoms with E-state index >= 15 is 0 Å². The molecule has 86 valence electrons. The first-order chi connectivity index (χ1) is 7.92. The highest BCUT2D eigenvalue weighted by molar-refractivity contribution is 7.99. The smallest absolute Gasteiger partial charge is 0.117 e. The highest BCUT2D eigenvalue weighted by Gasteiger charge is 2.15. The zero-order valence-corrected chi connectivity index (χ0v) is 10.4. The zero-order valence-electron chi connectivity index (χ0n) is 9.61. The molecule has 3 heteroatoms. The number of oxime groups is 1. The van der Waals surface area contributed by atoms with E-state index in [4.69, 9.17) is 4.84 Å². The average Bonchev–Trinajstić information content (AvgIpc) is 2.35. The Balaban J connectivity index is 2.06. The molecule has 2 rings (SSSR count). The van der Waals surface area contributed by atoms with Gasteiger partial charge in [0, 0.05) is 22.6 Å². The number of hydrogen-bond acceptors (Lipinski definition) is 3. The third-order valence-corrected chi connectivity index (χ3v) is 3.63. The van der Waals surface area contributed by atoms with Gasteiger partial charge in [-0.15, -0.1) is 11.8 Å². The molecule has 1 aromatic rings. The van der Waals surface area contributed by atoms with Crippen LogP contribution in [0.15, 0.2) is 34.3 Å². The zero-order chi connectivity index (χ0) is 11.2. The van der Waals surface area contributed by atoms with Crippen LogP contribution in [0.2, 0.25) is 0 Å². The molecule has 1 aliphatic rings. The summed E-state index contributed by atoms with van der Waals surface area (Å²) in [6.45, 7) is 2.89. The van der Waals surface area contributed by atoms with E-state index in [1.54, 1.807) is 0 Å². The number of nitrogens with zero attached hydrogens (tertiary/aromatic N) is 1. The first-order valence-electron chi connectivity index (χ1n) is 5.83. The Morgan fingerprint density at radius 3 is 3.12 bits per heavy atom. The Kier molecular flexibility index (Phi) is 4.28. The lowest BCUT2D eigenvalue weighted by atomic mass is 10.1. The summed E-state index contributed by atoms with van der Waals surface area (Å²) in [7, 11) is 0. The van der Waals surface area contributed by atoms with Crippen molar-refractivity contribution >= 4 is 17.5 Å². The van der Waals surface area contributed by atoms with Gasteiger partial charge in [-0.2, -0.15) is 0 Å². The summed E-state index contributed by atoms with van der Waals surface area (Å²) in [5.74, 6) is 1.10. The van der Waals surface area contributed by atoms with Crippen LogP contribution in [0.1, 0.15) is 31.7 Å². The predicted octanol–water partition coefficient (Wildman–Crippen LogP) is 3.70. The molecule has 0 atom stereocenters. The second-order valence-corrected chi connectivity index (χ2v) is 4.96. The van der Waals surface area contributed by atoms with E-state index in [1.165, 1.54) is 10.5 Å². The topological polar surface area (TPSA) is 21.6 Å². The van der Waals surface area contributed by atoms with Gasteiger partial charge in [-0.25, -0.2) is 0 Å². The molecule has 0 spiro atoms. The van der Waals surface area contributed by atoms with Gasteiger partial charge < -0.3 is 4.84 Å². The lowest BCUT2D eigenvalue weighted by molar-refractivity contribution is 0.141. The highest BCUT2D eigenvalue weighted by atomic mass is 32.2.